The van der Waals surface area contributed by atoms with Gasteiger partial charge in [0, 0.05) is 31.7 Å². The van der Waals surface area contributed by atoms with Gasteiger partial charge in [-0.3, -0.25) is 0 Å². The Morgan fingerprint density at radius 3 is 2.33 bits per heavy atom. The maximum atomic E-state index is 9.85. The summed E-state index contributed by atoms with van der Waals surface area (Å²) in [7, 11) is 0. The third kappa shape index (κ3) is 5.58. The number of likely N-dealkylation sites (tertiary alicyclic amines) is 1. The van der Waals surface area contributed by atoms with Crippen LogP contribution in [0.2, 0.25) is 0 Å². The topological polar surface area (TPSA) is 35.5 Å². The van der Waals surface area contributed by atoms with Crippen molar-refractivity contribution >= 4 is 0 Å². The van der Waals surface area contributed by atoms with Crippen molar-refractivity contribution in [1.29, 1.82) is 0 Å². The van der Waals surface area contributed by atoms with Gasteiger partial charge in [0.15, 0.2) is 0 Å². The largest absolute Gasteiger partial charge is 0.396 e. The second-order valence-corrected chi connectivity index (χ2v) is 8.49. The first-order chi connectivity index (χ1) is 11.4. The maximum absolute atomic E-state index is 9.85. The minimum atomic E-state index is -0.118. The van der Waals surface area contributed by atoms with Crippen LogP contribution in [-0.2, 0) is 0 Å². The second-order valence-electron chi connectivity index (χ2n) is 8.49. The summed E-state index contributed by atoms with van der Waals surface area (Å²) in [6.07, 6.45) is 2.46. The van der Waals surface area contributed by atoms with Crippen molar-refractivity contribution in [3.63, 3.8) is 0 Å². The van der Waals surface area contributed by atoms with E-state index in [0.717, 1.165) is 12.5 Å². The van der Waals surface area contributed by atoms with Gasteiger partial charge in [-0.2, -0.15) is 0 Å². The van der Waals surface area contributed by atoms with Gasteiger partial charge in [-0.05, 0) is 42.8 Å². The molecule has 1 fully saturated rings. The van der Waals surface area contributed by atoms with Crippen LogP contribution in [0.1, 0.15) is 52.0 Å². The van der Waals surface area contributed by atoms with Crippen LogP contribution in [0.3, 0.4) is 0 Å². The van der Waals surface area contributed by atoms with Gasteiger partial charge in [-0.25, -0.2) is 0 Å². The molecule has 0 bridgehead atoms. The van der Waals surface area contributed by atoms with Gasteiger partial charge >= 0.3 is 0 Å². The molecule has 2 rings (SSSR count). The van der Waals surface area contributed by atoms with E-state index in [1.165, 1.54) is 38.0 Å². The van der Waals surface area contributed by atoms with E-state index in [0.29, 0.717) is 12.0 Å². The molecule has 1 aliphatic heterocycles. The van der Waals surface area contributed by atoms with Crippen molar-refractivity contribution in [1.82, 2.24) is 10.2 Å². The van der Waals surface area contributed by atoms with Crippen molar-refractivity contribution in [2.24, 2.45) is 11.3 Å². The fourth-order valence-corrected chi connectivity index (χ4v) is 3.76. The molecule has 0 saturated carbocycles. The van der Waals surface area contributed by atoms with Crippen LogP contribution >= 0.6 is 0 Å². The van der Waals surface area contributed by atoms with Gasteiger partial charge in [0.05, 0.1) is 0 Å². The number of hydrogen-bond acceptors (Lipinski definition) is 3. The Hall–Kier alpha value is -0.900. The van der Waals surface area contributed by atoms with E-state index in [2.05, 4.69) is 68.2 Å². The van der Waals surface area contributed by atoms with E-state index in [9.17, 15) is 5.11 Å². The maximum Gasteiger partial charge on any atom is 0.0488 e. The first-order valence-electron chi connectivity index (χ1n) is 9.54. The van der Waals surface area contributed by atoms with Crippen LogP contribution in [0.25, 0.3) is 0 Å². The number of benzene rings is 1. The summed E-state index contributed by atoms with van der Waals surface area (Å²) in [6, 6.07) is 11.2. The Bertz CT molecular complexity index is 464. The number of aliphatic hydroxyl groups excluding tert-OH is 1. The van der Waals surface area contributed by atoms with E-state index in [1.54, 1.807) is 0 Å². The Morgan fingerprint density at radius 2 is 1.79 bits per heavy atom. The Morgan fingerprint density at radius 1 is 1.17 bits per heavy atom. The third-order valence-electron chi connectivity index (χ3n) is 5.37. The number of nitrogens with zero attached hydrogens (tertiary/aromatic N) is 1. The molecule has 1 unspecified atom stereocenters. The zero-order valence-electron chi connectivity index (χ0n) is 16.0. The van der Waals surface area contributed by atoms with Crippen molar-refractivity contribution in [3.8, 4) is 0 Å². The van der Waals surface area contributed by atoms with Gasteiger partial charge < -0.3 is 15.3 Å². The van der Waals surface area contributed by atoms with Crippen LogP contribution in [-0.4, -0.2) is 48.8 Å². The SMILES string of the molecule is CC(C)CN1CCC(NCC(c2ccccc2)C(C)(C)CO)CC1. The predicted octanol–water partition coefficient (Wildman–Crippen LogP) is 3.50. The minimum absolute atomic E-state index is 0.118. The highest BCUT2D eigenvalue weighted by Gasteiger charge is 2.31. The van der Waals surface area contributed by atoms with Crippen LogP contribution < -0.4 is 5.32 Å². The number of aliphatic hydroxyl groups is 1. The fourth-order valence-electron chi connectivity index (χ4n) is 3.76. The highest BCUT2D eigenvalue weighted by Crippen LogP contribution is 2.34. The summed E-state index contributed by atoms with van der Waals surface area (Å²) >= 11 is 0. The lowest BCUT2D eigenvalue weighted by molar-refractivity contribution is 0.123. The molecular weight excluding hydrogens is 296 g/mol. The monoisotopic (exact) mass is 332 g/mol. The van der Waals surface area contributed by atoms with Crippen molar-refractivity contribution in [2.45, 2.75) is 52.5 Å². The lowest BCUT2D eigenvalue weighted by Crippen LogP contribution is -2.46. The molecule has 3 heteroatoms. The molecule has 24 heavy (non-hydrogen) atoms. The molecule has 2 N–H and O–H groups in total. The molecule has 1 atom stereocenters. The molecule has 1 aromatic carbocycles. The Balaban J connectivity index is 1.90. The van der Waals surface area contributed by atoms with Crippen molar-refractivity contribution in [3.05, 3.63) is 35.9 Å². The van der Waals surface area contributed by atoms with E-state index in [1.807, 2.05) is 0 Å². The molecule has 0 aliphatic carbocycles. The summed E-state index contributed by atoms with van der Waals surface area (Å²) in [6.45, 7) is 13.7. The van der Waals surface area contributed by atoms with Crippen LogP contribution in [0.4, 0.5) is 0 Å². The van der Waals surface area contributed by atoms with Crippen LogP contribution in [0.15, 0.2) is 30.3 Å². The fraction of sp³-hybridized carbons (Fsp3) is 0.714. The van der Waals surface area contributed by atoms with Crippen LogP contribution in [0.5, 0.6) is 0 Å². The summed E-state index contributed by atoms with van der Waals surface area (Å²) in [5.41, 5.74) is 1.20. The first kappa shape index (κ1) is 19.4. The van der Waals surface area contributed by atoms with Crippen molar-refractivity contribution in [2.75, 3.05) is 32.8 Å². The third-order valence-corrected chi connectivity index (χ3v) is 5.37. The standard InChI is InChI=1S/C21H36N2O/c1-17(2)15-23-12-10-19(11-13-23)22-14-20(21(3,4)16-24)18-8-6-5-7-9-18/h5-9,17,19-20,22,24H,10-16H2,1-4H3. The summed E-state index contributed by atoms with van der Waals surface area (Å²) in [5, 5.41) is 13.6. The van der Waals surface area contributed by atoms with Crippen LogP contribution in [0, 0.1) is 11.3 Å². The molecule has 1 heterocycles. The Kier molecular flexibility index (Phi) is 7.27. The number of piperidine rings is 1. The van der Waals surface area contributed by atoms with E-state index in [-0.39, 0.29) is 12.0 Å². The zero-order valence-corrected chi connectivity index (χ0v) is 16.0. The Labute approximate surface area is 148 Å². The van der Waals surface area contributed by atoms with Gasteiger partial charge in [0.1, 0.15) is 0 Å². The lowest BCUT2D eigenvalue weighted by Gasteiger charge is -2.37. The van der Waals surface area contributed by atoms with Gasteiger partial charge in [0.25, 0.3) is 0 Å². The summed E-state index contributed by atoms with van der Waals surface area (Å²) < 4.78 is 0. The average Bonchev–Trinajstić information content (AvgIpc) is 2.57. The van der Waals surface area contributed by atoms with E-state index >= 15 is 0 Å². The molecule has 0 amide bonds. The molecule has 0 aromatic heterocycles. The highest BCUT2D eigenvalue weighted by molar-refractivity contribution is 5.22. The predicted molar refractivity (Wildman–Crippen MR) is 102 cm³/mol. The highest BCUT2D eigenvalue weighted by atomic mass is 16.3. The summed E-state index contributed by atoms with van der Waals surface area (Å²) in [4.78, 5) is 2.59. The zero-order chi connectivity index (χ0) is 17.6. The van der Waals surface area contributed by atoms with E-state index in [4.69, 9.17) is 0 Å². The number of nitrogens with one attached hydrogen (secondary N) is 1. The molecule has 1 saturated heterocycles. The normalized spacial score (nSPS) is 18.9. The molecule has 136 valence electrons. The minimum Gasteiger partial charge on any atom is -0.396 e. The lowest BCUT2D eigenvalue weighted by atomic mass is 9.75. The quantitative estimate of drug-likeness (QED) is 0.765. The second kappa shape index (κ2) is 8.98. The summed E-state index contributed by atoms with van der Waals surface area (Å²) in [5.74, 6) is 1.08. The number of rotatable bonds is 8. The average molecular weight is 333 g/mol. The van der Waals surface area contributed by atoms with Gasteiger partial charge in [0.2, 0.25) is 0 Å². The smallest absolute Gasteiger partial charge is 0.0488 e. The molecule has 3 nitrogen and oxygen atoms in total. The van der Waals surface area contributed by atoms with Gasteiger partial charge in [-0.1, -0.05) is 58.0 Å². The molecule has 0 radical (unpaired) electrons. The molecule has 1 aromatic rings. The first-order valence-corrected chi connectivity index (χ1v) is 9.54. The molecule has 1 aliphatic rings. The number of hydrogen-bond donors (Lipinski definition) is 2. The molecule has 0 spiro atoms. The molecular formula is C21H36N2O. The van der Waals surface area contributed by atoms with E-state index < -0.39 is 0 Å². The van der Waals surface area contributed by atoms with Gasteiger partial charge in [-0.15, -0.1) is 0 Å². The van der Waals surface area contributed by atoms with Crippen molar-refractivity contribution < 1.29 is 5.11 Å².